The molecule has 0 aliphatic heterocycles. The van der Waals surface area contributed by atoms with Crippen molar-refractivity contribution in [1.82, 2.24) is 9.97 Å². The van der Waals surface area contributed by atoms with Crippen molar-refractivity contribution in [3.63, 3.8) is 0 Å². The molecule has 3 nitrogen and oxygen atoms in total. The molecule has 1 heterocycles. The van der Waals surface area contributed by atoms with Crippen LogP contribution in [0.4, 0.5) is 5.82 Å². The highest BCUT2D eigenvalue weighted by Crippen LogP contribution is 2.19. The Morgan fingerprint density at radius 3 is 2.60 bits per heavy atom. The van der Waals surface area contributed by atoms with Crippen LogP contribution in [0.15, 0.2) is 6.33 Å². The van der Waals surface area contributed by atoms with E-state index in [9.17, 15) is 0 Å². The van der Waals surface area contributed by atoms with Gasteiger partial charge in [-0.15, -0.1) is 0 Å². The first-order valence-electron chi connectivity index (χ1n) is 5.69. The molecule has 1 N–H and O–H groups in total. The molecule has 0 aliphatic rings. The van der Waals surface area contributed by atoms with Gasteiger partial charge in [-0.25, -0.2) is 9.97 Å². The third-order valence-electron chi connectivity index (χ3n) is 2.37. The predicted molar refractivity (Wildman–Crippen MR) is 64.1 cm³/mol. The SMILES string of the molecule is CCCc1c(CC(C)C)ncnc1NC. The molecule has 15 heavy (non-hydrogen) atoms. The molecule has 0 bridgehead atoms. The first-order valence-corrected chi connectivity index (χ1v) is 5.69. The number of rotatable bonds is 5. The van der Waals surface area contributed by atoms with Crippen molar-refractivity contribution in [3.8, 4) is 0 Å². The minimum Gasteiger partial charge on any atom is -0.373 e. The van der Waals surface area contributed by atoms with Crippen LogP contribution < -0.4 is 5.32 Å². The van der Waals surface area contributed by atoms with Gasteiger partial charge < -0.3 is 5.32 Å². The minimum absolute atomic E-state index is 0.639. The summed E-state index contributed by atoms with van der Waals surface area (Å²) in [5.74, 6) is 1.63. The molecule has 0 aromatic carbocycles. The molecule has 1 rings (SSSR count). The molecule has 0 fully saturated rings. The molecule has 1 aromatic heterocycles. The van der Waals surface area contributed by atoms with Crippen LogP contribution in [0, 0.1) is 5.92 Å². The maximum atomic E-state index is 4.39. The van der Waals surface area contributed by atoms with E-state index in [1.54, 1.807) is 6.33 Å². The van der Waals surface area contributed by atoms with E-state index in [1.807, 2.05) is 7.05 Å². The molecule has 1 aromatic rings. The third-order valence-corrected chi connectivity index (χ3v) is 2.37. The largest absolute Gasteiger partial charge is 0.373 e. The Kier molecular flexibility index (Phi) is 4.53. The molecule has 0 saturated heterocycles. The summed E-state index contributed by atoms with van der Waals surface area (Å²) in [5.41, 5.74) is 2.49. The van der Waals surface area contributed by atoms with Crippen molar-refractivity contribution in [2.24, 2.45) is 5.92 Å². The van der Waals surface area contributed by atoms with Gasteiger partial charge in [-0.3, -0.25) is 0 Å². The van der Waals surface area contributed by atoms with Crippen LogP contribution in [0.3, 0.4) is 0 Å². The van der Waals surface area contributed by atoms with Crippen LogP contribution in [0.2, 0.25) is 0 Å². The van der Waals surface area contributed by atoms with Gasteiger partial charge in [-0.2, -0.15) is 0 Å². The average Bonchev–Trinajstić information content (AvgIpc) is 2.20. The lowest BCUT2D eigenvalue weighted by Gasteiger charge is -2.13. The normalized spacial score (nSPS) is 10.7. The number of nitrogens with zero attached hydrogens (tertiary/aromatic N) is 2. The monoisotopic (exact) mass is 207 g/mol. The van der Waals surface area contributed by atoms with Gasteiger partial charge >= 0.3 is 0 Å². The van der Waals surface area contributed by atoms with Crippen molar-refractivity contribution in [3.05, 3.63) is 17.6 Å². The van der Waals surface area contributed by atoms with Crippen LogP contribution in [0.1, 0.15) is 38.4 Å². The highest BCUT2D eigenvalue weighted by atomic mass is 15.0. The van der Waals surface area contributed by atoms with E-state index >= 15 is 0 Å². The second kappa shape index (κ2) is 5.69. The smallest absolute Gasteiger partial charge is 0.132 e. The Balaban J connectivity index is 3.01. The zero-order valence-electron chi connectivity index (χ0n) is 10.2. The van der Waals surface area contributed by atoms with Crippen LogP contribution >= 0.6 is 0 Å². The standard InChI is InChI=1S/C12H21N3/c1-5-6-10-11(7-9(2)3)14-8-15-12(10)13-4/h8-9H,5-7H2,1-4H3,(H,13,14,15). The van der Waals surface area contributed by atoms with Crippen LogP contribution in [-0.4, -0.2) is 17.0 Å². The Bertz CT molecular complexity index is 308. The van der Waals surface area contributed by atoms with E-state index < -0.39 is 0 Å². The summed E-state index contributed by atoms with van der Waals surface area (Å²) in [5, 5.41) is 3.14. The van der Waals surface area contributed by atoms with E-state index in [-0.39, 0.29) is 0 Å². The number of nitrogens with one attached hydrogen (secondary N) is 1. The van der Waals surface area contributed by atoms with Gasteiger partial charge in [0, 0.05) is 18.3 Å². The molecule has 3 heteroatoms. The molecule has 84 valence electrons. The molecular formula is C12H21N3. The summed E-state index contributed by atoms with van der Waals surface area (Å²) in [6, 6.07) is 0. The second-order valence-electron chi connectivity index (χ2n) is 4.25. The van der Waals surface area contributed by atoms with E-state index in [0.717, 1.165) is 25.1 Å². The minimum atomic E-state index is 0.639. The fourth-order valence-electron chi connectivity index (χ4n) is 1.74. The highest BCUT2D eigenvalue weighted by Gasteiger charge is 2.10. The molecule has 0 aliphatic carbocycles. The number of hydrogen-bond donors (Lipinski definition) is 1. The Morgan fingerprint density at radius 1 is 1.33 bits per heavy atom. The molecule has 0 amide bonds. The Hall–Kier alpha value is -1.12. The van der Waals surface area contributed by atoms with Crippen molar-refractivity contribution in [2.75, 3.05) is 12.4 Å². The number of anilines is 1. The van der Waals surface area contributed by atoms with Gasteiger partial charge in [0.1, 0.15) is 12.1 Å². The molecule has 0 saturated carbocycles. The number of hydrogen-bond acceptors (Lipinski definition) is 3. The average molecular weight is 207 g/mol. The summed E-state index contributed by atoms with van der Waals surface area (Å²) < 4.78 is 0. The Morgan fingerprint density at radius 2 is 2.07 bits per heavy atom. The van der Waals surface area contributed by atoms with Crippen molar-refractivity contribution >= 4 is 5.82 Å². The van der Waals surface area contributed by atoms with E-state index in [2.05, 4.69) is 36.1 Å². The van der Waals surface area contributed by atoms with E-state index in [0.29, 0.717) is 5.92 Å². The molecule has 0 atom stereocenters. The first-order chi connectivity index (χ1) is 7.19. The second-order valence-corrected chi connectivity index (χ2v) is 4.25. The van der Waals surface area contributed by atoms with Gasteiger partial charge in [-0.05, 0) is 18.8 Å². The number of aromatic nitrogens is 2. The summed E-state index contributed by atoms with van der Waals surface area (Å²) >= 11 is 0. The van der Waals surface area contributed by atoms with E-state index in [1.165, 1.54) is 11.3 Å². The first kappa shape index (κ1) is 12.0. The van der Waals surface area contributed by atoms with Crippen LogP contribution in [0.25, 0.3) is 0 Å². The summed E-state index contributed by atoms with van der Waals surface area (Å²) in [6.45, 7) is 6.62. The molecular weight excluding hydrogens is 186 g/mol. The Labute approximate surface area is 92.3 Å². The maximum absolute atomic E-state index is 4.39. The lowest BCUT2D eigenvalue weighted by Crippen LogP contribution is -2.07. The lowest BCUT2D eigenvalue weighted by molar-refractivity contribution is 0.627. The van der Waals surface area contributed by atoms with Gasteiger partial charge in [0.05, 0.1) is 0 Å². The van der Waals surface area contributed by atoms with Gasteiger partial charge in [-0.1, -0.05) is 27.2 Å². The zero-order valence-corrected chi connectivity index (χ0v) is 10.2. The van der Waals surface area contributed by atoms with Crippen molar-refractivity contribution in [1.29, 1.82) is 0 Å². The topological polar surface area (TPSA) is 37.8 Å². The zero-order chi connectivity index (χ0) is 11.3. The quantitative estimate of drug-likeness (QED) is 0.806. The van der Waals surface area contributed by atoms with Crippen molar-refractivity contribution < 1.29 is 0 Å². The van der Waals surface area contributed by atoms with Crippen LogP contribution in [-0.2, 0) is 12.8 Å². The highest BCUT2D eigenvalue weighted by molar-refractivity contribution is 5.45. The molecule has 0 radical (unpaired) electrons. The van der Waals surface area contributed by atoms with Gasteiger partial charge in [0.2, 0.25) is 0 Å². The fraction of sp³-hybridized carbons (Fsp3) is 0.667. The van der Waals surface area contributed by atoms with Crippen LogP contribution in [0.5, 0.6) is 0 Å². The third kappa shape index (κ3) is 3.18. The summed E-state index contributed by atoms with van der Waals surface area (Å²) in [7, 11) is 1.92. The van der Waals surface area contributed by atoms with Gasteiger partial charge in [0.25, 0.3) is 0 Å². The summed E-state index contributed by atoms with van der Waals surface area (Å²) in [4.78, 5) is 8.66. The van der Waals surface area contributed by atoms with Gasteiger partial charge in [0.15, 0.2) is 0 Å². The molecule has 0 unspecified atom stereocenters. The summed E-state index contributed by atoms with van der Waals surface area (Å²) in [6.07, 6.45) is 4.88. The fourth-order valence-corrected chi connectivity index (χ4v) is 1.74. The lowest BCUT2D eigenvalue weighted by atomic mass is 10.0. The van der Waals surface area contributed by atoms with E-state index in [4.69, 9.17) is 0 Å². The van der Waals surface area contributed by atoms with Crippen molar-refractivity contribution in [2.45, 2.75) is 40.0 Å². The molecule has 0 spiro atoms. The predicted octanol–water partition coefficient (Wildman–Crippen LogP) is 2.67. The maximum Gasteiger partial charge on any atom is 0.132 e.